The van der Waals surface area contributed by atoms with Gasteiger partial charge >= 0.3 is 0 Å². The van der Waals surface area contributed by atoms with Gasteiger partial charge in [-0.15, -0.1) is 0 Å². The summed E-state index contributed by atoms with van der Waals surface area (Å²) in [6, 6.07) is 17.7. The van der Waals surface area contributed by atoms with Crippen molar-refractivity contribution in [2.24, 2.45) is 0 Å². The maximum absolute atomic E-state index is 12.4. The standard InChI is InChI=1S/C21H16Cl3NO4S/c22-17-7-3-15(4-8-17)13-29-12-14-1-5-16(6-2-14)21(26)25-30(27,28)20-10-9-18(23)11-19(20)24/h1-11H,12-13H2,(H,25,26). The van der Waals surface area contributed by atoms with E-state index in [0.29, 0.717) is 23.3 Å². The van der Waals surface area contributed by atoms with Gasteiger partial charge in [0.15, 0.2) is 0 Å². The molecule has 0 aliphatic heterocycles. The Balaban J connectivity index is 1.59. The van der Waals surface area contributed by atoms with E-state index >= 15 is 0 Å². The third-order valence-corrected chi connectivity index (χ3v) is 6.38. The van der Waals surface area contributed by atoms with Crippen molar-refractivity contribution in [1.82, 2.24) is 4.72 Å². The van der Waals surface area contributed by atoms with E-state index in [0.717, 1.165) is 11.1 Å². The summed E-state index contributed by atoms with van der Waals surface area (Å²) in [7, 11) is -4.14. The SMILES string of the molecule is O=C(NS(=O)(=O)c1ccc(Cl)cc1Cl)c1ccc(COCc2ccc(Cl)cc2)cc1. The van der Waals surface area contributed by atoms with Gasteiger partial charge in [0.2, 0.25) is 0 Å². The second-order valence-electron chi connectivity index (χ2n) is 6.33. The molecule has 156 valence electrons. The fraction of sp³-hybridized carbons (Fsp3) is 0.0952. The van der Waals surface area contributed by atoms with E-state index < -0.39 is 15.9 Å². The van der Waals surface area contributed by atoms with Crippen LogP contribution < -0.4 is 4.72 Å². The smallest absolute Gasteiger partial charge is 0.265 e. The summed E-state index contributed by atoms with van der Waals surface area (Å²) in [5.41, 5.74) is 2.01. The predicted molar refractivity (Wildman–Crippen MR) is 118 cm³/mol. The van der Waals surface area contributed by atoms with Gasteiger partial charge < -0.3 is 4.74 Å². The highest BCUT2D eigenvalue weighted by Crippen LogP contribution is 2.25. The average Bonchev–Trinajstić information content (AvgIpc) is 2.69. The molecule has 0 heterocycles. The summed E-state index contributed by atoms with van der Waals surface area (Å²) >= 11 is 17.6. The fourth-order valence-electron chi connectivity index (χ4n) is 2.55. The van der Waals surface area contributed by atoms with Crippen LogP contribution in [-0.4, -0.2) is 14.3 Å². The van der Waals surface area contributed by atoms with Crippen LogP contribution in [0.15, 0.2) is 71.6 Å². The van der Waals surface area contributed by atoms with Crippen LogP contribution in [0.4, 0.5) is 0 Å². The lowest BCUT2D eigenvalue weighted by Crippen LogP contribution is -2.30. The van der Waals surface area contributed by atoms with Crippen molar-refractivity contribution in [3.63, 3.8) is 0 Å². The summed E-state index contributed by atoms with van der Waals surface area (Å²) < 4.78 is 32.5. The minimum absolute atomic E-state index is 0.0732. The molecule has 0 spiro atoms. The molecule has 0 radical (unpaired) electrons. The van der Waals surface area contributed by atoms with Gasteiger partial charge in [-0.1, -0.05) is 59.1 Å². The Bertz CT molecular complexity index is 1150. The molecule has 0 unspecified atom stereocenters. The topological polar surface area (TPSA) is 72.5 Å². The number of hydrogen-bond donors (Lipinski definition) is 1. The minimum Gasteiger partial charge on any atom is -0.372 e. The number of ether oxygens (including phenoxy) is 1. The van der Waals surface area contributed by atoms with Gasteiger partial charge in [0.1, 0.15) is 4.90 Å². The van der Waals surface area contributed by atoms with E-state index in [1.165, 1.54) is 30.3 Å². The van der Waals surface area contributed by atoms with Crippen molar-refractivity contribution in [3.8, 4) is 0 Å². The van der Waals surface area contributed by atoms with Crippen LogP contribution in [0, 0.1) is 0 Å². The highest BCUT2D eigenvalue weighted by molar-refractivity contribution is 7.90. The Labute approximate surface area is 189 Å². The highest BCUT2D eigenvalue weighted by Gasteiger charge is 2.21. The van der Waals surface area contributed by atoms with E-state index in [9.17, 15) is 13.2 Å². The van der Waals surface area contributed by atoms with E-state index in [1.54, 1.807) is 24.3 Å². The average molecular weight is 485 g/mol. The first-order chi connectivity index (χ1) is 14.2. The number of carbonyl (C=O) groups is 1. The molecule has 0 saturated heterocycles. The number of benzene rings is 3. The maximum Gasteiger partial charge on any atom is 0.265 e. The third kappa shape index (κ3) is 5.97. The Morgan fingerprint density at radius 1 is 0.800 bits per heavy atom. The number of rotatable bonds is 7. The van der Waals surface area contributed by atoms with E-state index in [4.69, 9.17) is 39.5 Å². The summed E-state index contributed by atoms with van der Waals surface area (Å²) in [6.45, 7) is 0.753. The molecule has 0 atom stereocenters. The van der Waals surface area contributed by atoms with Crippen LogP contribution in [-0.2, 0) is 28.0 Å². The van der Waals surface area contributed by atoms with Crippen molar-refractivity contribution in [1.29, 1.82) is 0 Å². The predicted octanol–water partition coefficient (Wildman–Crippen LogP) is 5.48. The largest absolute Gasteiger partial charge is 0.372 e. The zero-order chi connectivity index (χ0) is 21.7. The van der Waals surface area contributed by atoms with Gasteiger partial charge in [0.05, 0.1) is 18.2 Å². The Morgan fingerprint density at radius 2 is 1.33 bits per heavy atom. The minimum atomic E-state index is -4.14. The second-order valence-corrected chi connectivity index (χ2v) is 9.26. The van der Waals surface area contributed by atoms with Crippen molar-refractivity contribution in [3.05, 3.63) is 98.5 Å². The van der Waals surface area contributed by atoms with Crippen molar-refractivity contribution < 1.29 is 17.9 Å². The quantitative estimate of drug-likeness (QED) is 0.482. The van der Waals surface area contributed by atoms with Gasteiger partial charge in [0.25, 0.3) is 15.9 Å². The van der Waals surface area contributed by atoms with Crippen LogP contribution in [0.2, 0.25) is 15.1 Å². The lowest BCUT2D eigenvalue weighted by Gasteiger charge is -2.09. The third-order valence-electron chi connectivity index (χ3n) is 4.08. The molecule has 1 N–H and O–H groups in total. The molecule has 5 nitrogen and oxygen atoms in total. The molecule has 0 aliphatic carbocycles. The zero-order valence-corrected chi connectivity index (χ0v) is 18.5. The maximum atomic E-state index is 12.4. The molecule has 1 amide bonds. The molecular weight excluding hydrogens is 469 g/mol. The monoisotopic (exact) mass is 483 g/mol. The molecule has 3 aromatic carbocycles. The number of sulfonamides is 1. The van der Waals surface area contributed by atoms with E-state index in [1.807, 2.05) is 16.9 Å². The highest BCUT2D eigenvalue weighted by atomic mass is 35.5. The lowest BCUT2D eigenvalue weighted by molar-refractivity contribution is 0.0980. The molecule has 9 heteroatoms. The number of nitrogens with one attached hydrogen (secondary N) is 1. The molecule has 0 bridgehead atoms. The number of halogens is 3. The Morgan fingerprint density at radius 3 is 1.90 bits per heavy atom. The summed E-state index contributed by atoms with van der Waals surface area (Å²) in [5, 5.41) is 0.878. The second kappa shape index (κ2) is 9.81. The zero-order valence-electron chi connectivity index (χ0n) is 15.4. The van der Waals surface area contributed by atoms with E-state index in [2.05, 4.69) is 0 Å². The van der Waals surface area contributed by atoms with Gasteiger partial charge in [-0.3, -0.25) is 4.79 Å². The Kier molecular flexibility index (Phi) is 7.39. The molecule has 0 aliphatic rings. The fourth-order valence-corrected chi connectivity index (χ4v) is 4.42. The van der Waals surface area contributed by atoms with Crippen LogP contribution in [0.3, 0.4) is 0 Å². The summed E-state index contributed by atoms with van der Waals surface area (Å²) in [6.07, 6.45) is 0. The molecule has 0 aromatic heterocycles. The summed E-state index contributed by atoms with van der Waals surface area (Å²) in [5.74, 6) is -0.769. The molecule has 3 aromatic rings. The van der Waals surface area contributed by atoms with Gasteiger partial charge in [-0.2, -0.15) is 0 Å². The van der Waals surface area contributed by atoms with Crippen molar-refractivity contribution in [2.45, 2.75) is 18.1 Å². The first kappa shape index (κ1) is 22.6. The first-order valence-electron chi connectivity index (χ1n) is 8.68. The van der Waals surface area contributed by atoms with Crippen LogP contribution in [0.1, 0.15) is 21.5 Å². The molecular formula is C21H16Cl3NO4S. The van der Waals surface area contributed by atoms with Gasteiger partial charge in [0, 0.05) is 15.6 Å². The molecule has 0 fully saturated rings. The van der Waals surface area contributed by atoms with Crippen LogP contribution in [0.25, 0.3) is 0 Å². The number of amides is 1. The van der Waals surface area contributed by atoms with E-state index in [-0.39, 0.29) is 15.5 Å². The van der Waals surface area contributed by atoms with Gasteiger partial charge in [-0.25, -0.2) is 13.1 Å². The summed E-state index contributed by atoms with van der Waals surface area (Å²) in [4.78, 5) is 12.1. The van der Waals surface area contributed by atoms with Crippen molar-refractivity contribution in [2.75, 3.05) is 0 Å². The molecule has 30 heavy (non-hydrogen) atoms. The normalized spacial score (nSPS) is 11.3. The number of hydrogen-bond acceptors (Lipinski definition) is 4. The van der Waals surface area contributed by atoms with Crippen LogP contribution in [0.5, 0.6) is 0 Å². The Hall–Kier alpha value is -2.09. The number of carbonyl (C=O) groups excluding carboxylic acids is 1. The first-order valence-corrected chi connectivity index (χ1v) is 11.3. The van der Waals surface area contributed by atoms with Crippen LogP contribution >= 0.6 is 34.8 Å². The van der Waals surface area contributed by atoms with Crippen molar-refractivity contribution >= 4 is 50.7 Å². The molecule has 0 saturated carbocycles. The molecule has 3 rings (SSSR count). The van der Waals surface area contributed by atoms with Gasteiger partial charge in [-0.05, 0) is 53.6 Å². The lowest BCUT2D eigenvalue weighted by atomic mass is 10.1.